The normalized spacial score (nSPS) is 19.1. The molecule has 1 saturated heterocycles. The van der Waals surface area contributed by atoms with Crippen LogP contribution in [0.1, 0.15) is 46.0 Å². The highest BCUT2D eigenvalue weighted by Crippen LogP contribution is 2.26. The average molecular weight is 391 g/mol. The van der Waals surface area contributed by atoms with E-state index < -0.39 is 0 Å². The lowest BCUT2D eigenvalue weighted by Gasteiger charge is -2.33. The molecule has 1 aromatic carbocycles. The second-order valence-corrected chi connectivity index (χ2v) is 7.55. The number of likely N-dealkylation sites (tertiary alicyclic amines) is 1. The van der Waals surface area contributed by atoms with Crippen LogP contribution in [0.5, 0.6) is 11.5 Å². The van der Waals surface area contributed by atoms with Crippen LogP contribution in [0.4, 0.5) is 0 Å². The predicted molar refractivity (Wildman–Crippen MR) is 117 cm³/mol. The van der Waals surface area contributed by atoms with E-state index in [9.17, 15) is 0 Å². The second kappa shape index (κ2) is 12.5. The molecule has 2 unspecified atom stereocenters. The molecule has 1 aliphatic heterocycles. The van der Waals surface area contributed by atoms with Crippen LogP contribution in [0, 0.1) is 0 Å². The number of benzene rings is 1. The Morgan fingerprint density at radius 3 is 2.71 bits per heavy atom. The summed E-state index contributed by atoms with van der Waals surface area (Å²) in [7, 11) is 3.46. The van der Waals surface area contributed by atoms with Gasteiger partial charge in [-0.2, -0.15) is 0 Å². The van der Waals surface area contributed by atoms with Crippen LogP contribution in [-0.2, 0) is 0 Å². The first-order valence-electron chi connectivity index (χ1n) is 10.6. The Morgan fingerprint density at radius 2 is 2.00 bits per heavy atom. The monoisotopic (exact) mass is 390 g/mol. The predicted octanol–water partition coefficient (Wildman–Crippen LogP) is 3.28. The van der Waals surface area contributed by atoms with Crippen molar-refractivity contribution in [2.75, 3.05) is 40.3 Å². The lowest BCUT2D eigenvalue weighted by molar-refractivity contribution is 0.158. The number of para-hydroxylation sites is 2. The van der Waals surface area contributed by atoms with Gasteiger partial charge in [0, 0.05) is 19.6 Å². The Hall–Kier alpha value is -1.95. The quantitative estimate of drug-likeness (QED) is 0.365. The summed E-state index contributed by atoms with van der Waals surface area (Å²) < 4.78 is 11.3. The Bertz CT molecular complexity index is 594. The standard InChI is InChI=1S/C22H38N4O2/c1-18-11-7-9-15-26(18)16-10-8-14-24-22(23-3)25-17-19(2)28-21-13-6-5-12-20(21)27-4/h5-6,12-13,18-19H,7-11,14-17H2,1-4H3,(H2,23,24,25). The molecule has 0 radical (unpaired) electrons. The molecular formula is C22H38N4O2. The van der Waals surface area contributed by atoms with Crippen molar-refractivity contribution in [3.05, 3.63) is 24.3 Å². The van der Waals surface area contributed by atoms with Gasteiger partial charge in [-0.15, -0.1) is 0 Å². The largest absolute Gasteiger partial charge is 0.493 e. The van der Waals surface area contributed by atoms with E-state index in [0.29, 0.717) is 6.54 Å². The first-order chi connectivity index (χ1) is 13.6. The Balaban J connectivity index is 1.61. The summed E-state index contributed by atoms with van der Waals surface area (Å²) in [5.74, 6) is 2.33. The highest BCUT2D eigenvalue weighted by Gasteiger charge is 2.17. The molecule has 0 saturated carbocycles. The topological polar surface area (TPSA) is 58.1 Å². The van der Waals surface area contributed by atoms with Crippen LogP contribution in [0.2, 0.25) is 0 Å². The van der Waals surface area contributed by atoms with Gasteiger partial charge >= 0.3 is 0 Å². The molecule has 28 heavy (non-hydrogen) atoms. The van der Waals surface area contributed by atoms with Crippen LogP contribution >= 0.6 is 0 Å². The summed E-state index contributed by atoms with van der Waals surface area (Å²) >= 11 is 0. The fraction of sp³-hybridized carbons (Fsp3) is 0.682. The number of methoxy groups -OCH3 is 1. The van der Waals surface area contributed by atoms with Crippen LogP contribution in [0.25, 0.3) is 0 Å². The summed E-state index contributed by atoms with van der Waals surface area (Å²) in [6.07, 6.45) is 6.47. The zero-order valence-electron chi connectivity index (χ0n) is 18.0. The van der Waals surface area contributed by atoms with Crippen molar-refractivity contribution in [3.63, 3.8) is 0 Å². The molecule has 0 spiro atoms. The van der Waals surface area contributed by atoms with Gasteiger partial charge in [-0.1, -0.05) is 18.6 Å². The number of nitrogens with one attached hydrogen (secondary N) is 2. The van der Waals surface area contributed by atoms with E-state index in [-0.39, 0.29) is 6.10 Å². The summed E-state index contributed by atoms with van der Waals surface area (Å²) in [4.78, 5) is 6.94. The van der Waals surface area contributed by atoms with Gasteiger partial charge in [0.2, 0.25) is 0 Å². The molecule has 6 heteroatoms. The van der Waals surface area contributed by atoms with Gasteiger partial charge in [0.05, 0.1) is 13.7 Å². The van der Waals surface area contributed by atoms with Crippen LogP contribution < -0.4 is 20.1 Å². The summed E-state index contributed by atoms with van der Waals surface area (Å²) in [6.45, 7) is 8.47. The van der Waals surface area contributed by atoms with E-state index in [1.165, 1.54) is 38.8 Å². The zero-order valence-corrected chi connectivity index (χ0v) is 18.0. The molecular weight excluding hydrogens is 352 g/mol. The lowest BCUT2D eigenvalue weighted by atomic mass is 10.0. The van der Waals surface area contributed by atoms with Crippen molar-refractivity contribution in [1.82, 2.24) is 15.5 Å². The average Bonchev–Trinajstić information content (AvgIpc) is 2.71. The van der Waals surface area contributed by atoms with Gasteiger partial charge in [0.15, 0.2) is 17.5 Å². The van der Waals surface area contributed by atoms with E-state index in [4.69, 9.17) is 9.47 Å². The van der Waals surface area contributed by atoms with E-state index >= 15 is 0 Å². The number of hydrogen-bond donors (Lipinski definition) is 2. The second-order valence-electron chi connectivity index (χ2n) is 7.55. The van der Waals surface area contributed by atoms with Gasteiger partial charge in [-0.25, -0.2) is 0 Å². The number of guanidine groups is 1. The Labute approximate surface area is 170 Å². The zero-order chi connectivity index (χ0) is 20.2. The van der Waals surface area contributed by atoms with Crippen molar-refractivity contribution in [2.24, 2.45) is 4.99 Å². The number of unbranched alkanes of at least 4 members (excludes halogenated alkanes) is 1. The number of piperidine rings is 1. The molecule has 158 valence electrons. The van der Waals surface area contributed by atoms with E-state index in [2.05, 4.69) is 27.4 Å². The van der Waals surface area contributed by atoms with Gasteiger partial charge in [-0.3, -0.25) is 4.99 Å². The summed E-state index contributed by atoms with van der Waals surface area (Å²) in [5, 5.41) is 6.74. The maximum atomic E-state index is 5.98. The van der Waals surface area contributed by atoms with Crippen molar-refractivity contribution in [2.45, 2.75) is 58.1 Å². The van der Waals surface area contributed by atoms with Gasteiger partial charge in [0.1, 0.15) is 6.10 Å². The first-order valence-corrected chi connectivity index (χ1v) is 10.6. The van der Waals surface area contributed by atoms with Crippen molar-refractivity contribution >= 4 is 5.96 Å². The molecule has 1 aliphatic rings. The van der Waals surface area contributed by atoms with Crippen LogP contribution in [0.15, 0.2) is 29.3 Å². The Morgan fingerprint density at radius 1 is 1.21 bits per heavy atom. The minimum Gasteiger partial charge on any atom is -0.493 e. The minimum atomic E-state index is -0.00422. The maximum Gasteiger partial charge on any atom is 0.191 e. The fourth-order valence-electron chi connectivity index (χ4n) is 3.57. The number of hydrogen-bond acceptors (Lipinski definition) is 4. The lowest BCUT2D eigenvalue weighted by Crippen LogP contribution is -2.42. The van der Waals surface area contributed by atoms with E-state index in [1.807, 2.05) is 31.2 Å². The van der Waals surface area contributed by atoms with Crippen molar-refractivity contribution < 1.29 is 9.47 Å². The maximum absolute atomic E-state index is 5.98. The molecule has 0 amide bonds. The van der Waals surface area contributed by atoms with Gasteiger partial charge < -0.3 is 25.0 Å². The SMILES string of the molecule is CN=C(NCCCCN1CCCCC1C)NCC(C)Oc1ccccc1OC. The summed E-state index contributed by atoms with van der Waals surface area (Å²) in [6, 6.07) is 8.46. The fourth-order valence-corrected chi connectivity index (χ4v) is 3.57. The first kappa shape index (κ1) is 22.3. The van der Waals surface area contributed by atoms with Crippen molar-refractivity contribution in [3.8, 4) is 11.5 Å². The third-order valence-electron chi connectivity index (χ3n) is 5.28. The molecule has 2 atom stereocenters. The molecule has 1 heterocycles. The van der Waals surface area contributed by atoms with E-state index in [1.54, 1.807) is 14.2 Å². The Kier molecular flexibility index (Phi) is 9.97. The number of rotatable bonds is 10. The minimum absolute atomic E-state index is 0.00422. The molecule has 2 N–H and O–H groups in total. The molecule has 6 nitrogen and oxygen atoms in total. The molecule has 0 bridgehead atoms. The highest BCUT2D eigenvalue weighted by molar-refractivity contribution is 5.79. The highest BCUT2D eigenvalue weighted by atomic mass is 16.5. The molecule has 1 aromatic rings. The number of aliphatic imine (C=N–C) groups is 1. The third kappa shape index (κ3) is 7.58. The van der Waals surface area contributed by atoms with Crippen molar-refractivity contribution in [1.29, 1.82) is 0 Å². The third-order valence-corrected chi connectivity index (χ3v) is 5.28. The van der Waals surface area contributed by atoms with Gasteiger partial charge in [-0.05, 0) is 64.8 Å². The van der Waals surface area contributed by atoms with E-state index in [0.717, 1.165) is 36.5 Å². The molecule has 1 fully saturated rings. The molecule has 0 aromatic heterocycles. The number of ether oxygens (including phenoxy) is 2. The van der Waals surface area contributed by atoms with Crippen LogP contribution in [0.3, 0.4) is 0 Å². The molecule has 2 rings (SSSR count). The molecule has 0 aliphatic carbocycles. The number of nitrogens with zero attached hydrogens (tertiary/aromatic N) is 2. The summed E-state index contributed by atoms with van der Waals surface area (Å²) in [5.41, 5.74) is 0. The van der Waals surface area contributed by atoms with Crippen LogP contribution in [-0.4, -0.2) is 63.3 Å². The smallest absolute Gasteiger partial charge is 0.191 e. The van der Waals surface area contributed by atoms with Gasteiger partial charge in [0.25, 0.3) is 0 Å².